The van der Waals surface area contributed by atoms with E-state index in [1.807, 2.05) is 19.1 Å². The van der Waals surface area contributed by atoms with Gasteiger partial charge in [-0.15, -0.1) is 0 Å². The summed E-state index contributed by atoms with van der Waals surface area (Å²) in [4.78, 5) is 8.68. The number of alkyl halides is 3. The number of carboxylic acids is 1. The van der Waals surface area contributed by atoms with E-state index >= 15 is 0 Å². The largest absolute Gasteiger partial charge is 0.501 e. The van der Waals surface area contributed by atoms with Gasteiger partial charge in [-0.3, -0.25) is 4.79 Å². The number of sulfonamides is 1. The fraction of sp³-hybridized carbons (Fsp3) is 0.350. The topological polar surface area (TPSA) is 156 Å². The molecule has 5 N–H and O–H groups in total. The number of sulfone groups is 1. The van der Waals surface area contributed by atoms with E-state index in [4.69, 9.17) is 10.2 Å². The number of nitrogens with one attached hydrogen (secondary N) is 2. The third kappa shape index (κ3) is 7.08. The molecular weight excluding hydrogens is 499 g/mol. The van der Waals surface area contributed by atoms with Crippen LogP contribution in [0, 0.1) is 0 Å². The molecule has 14 heteroatoms. The maximum absolute atomic E-state index is 13.1. The Morgan fingerprint density at radius 2 is 1.62 bits per heavy atom. The van der Waals surface area contributed by atoms with E-state index in [0.717, 1.165) is 17.7 Å². The van der Waals surface area contributed by atoms with E-state index < -0.39 is 46.8 Å². The van der Waals surface area contributed by atoms with Gasteiger partial charge in [0.05, 0.1) is 10.6 Å². The first-order chi connectivity index (χ1) is 15.6. The van der Waals surface area contributed by atoms with Gasteiger partial charge in [-0.25, -0.2) is 22.0 Å². The van der Waals surface area contributed by atoms with Crippen molar-refractivity contribution in [3.63, 3.8) is 0 Å². The van der Waals surface area contributed by atoms with Crippen molar-refractivity contribution in [3.8, 4) is 0 Å². The fourth-order valence-electron chi connectivity index (χ4n) is 3.01. The number of primary sulfonamides is 1. The second-order valence-electron chi connectivity index (χ2n) is 7.46. The Morgan fingerprint density at radius 1 is 1.03 bits per heavy atom. The number of anilines is 2. The van der Waals surface area contributed by atoms with Crippen molar-refractivity contribution in [3.05, 3.63) is 48.0 Å². The summed E-state index contributed by atoms with van der Waals surface area (Å²) in [6.07, 6.45) is 0.538. The van der Waals surface area contributed by atoms with E-state index in [0.29, 0.717) is 18.2 Å². The molecule has 0 aliphatic heterocycles. The molecule has 34 heavy (non-hydrogen) atoms. The van der Waals surface area contributed by atoms with Gasteiger partial charge >= 0.3 is 11.5 Å². The molecule has 0 radical (unpaired) electrons. The van der Waals surface area contributed by atoms with Gasteiger partial charge in [0.2, 0.25) is 10.0 Å². The van der Waals surface area contributed by atoms with E-state index in [2.05, 4.69) is 10.6 Å². The van der Waals surface area contributed by atoms with Crippen LogP contribution in [0.4, 0.5) is 24.5 Å². The fourth-order valence-corrected chi connectivity index (χ4v) is 4.59. The molecule has 0 aromatic heterocycles. The molecule has 0 fully saturated rings. The summed E-state index contributed by atoms with van der Waals surface area (Å²) < 4.78 is 86.0. The average molecular weight is 524 g/mol. The zero-order chi connectivity index (χ0) is 25.7. The summed E-state index contributed by atoms with van der Waals surface area (Å²) in [6, 6.07) is 9.35. The summed E-state index contributed by atoms with van der Waals surface area (Å²) in [6.45, 7) is 2.10. The van der Waals surface area contributed by atoms with E-state index in [9.17, 15) is 34.8 Å². The van der Waals surface area contributed by atoms with Gasteiger partial charge in [-0.2, -0.15) is 13.2 Å². The van der Waals surface area contributed by atoms with E-state index in [1.165, 1.54) is 0 Å². The number of carboxylic acid groups (broad SMARTS) is 1. The molecule has 0 amide bonds. The van der Waals surface area contributed by atoms with E-state index in [-0.39, 0.29) is 25.4 Å². The molecule has 1 atom stereocenters. The monoisotopic (exact) mass is 523 g/mol. The first kappa shape index (κ1) is 27.4. The molecule has 2 rings (SSSR count). The molecule has 2 aromatic rings. The standard InChI is InChI=1S/C20H24F3N3O6S2/c1-13(2-9-19(27)28)14-3-5-15(6-4-14)25-10-11-26-17-8-7-16(34(24,31)32)12-18(17)33(29,30)20(21,22)23/h3-8,12-13,25-26H,2,9-11H2,1H3,(H,27,28)(H2,24,31,32). The lowest BCUT2D eigenvalue weighted by molar-refractivity contribution is -0.137. The Morgan fingerprint density at radius 3 is 2.15 bits per heavy atom. The van der Waals surface area contributed by atoms with E-state index in [1.54, 1.807) is 12.1 Å². The van der Waals surface area contributed by atoms with Crippen LogP contribution < -0.4 is 15.8 Å². The zero-order valence-electron chi connectivity index (χ0n) is 18.0. The molecule has 0 aliphatic rings. The van der Waals surface area contributed by atoms with Crippen LogP contribution in [-0.4, -0.2) is 46.5 Å². The first-order valence-electron chi connectivity index (χ1n) is 9.90. The lowest BCUT2D eigenvalue weighted by atomic mass is 9.96. The summed E-state index contributed by atoms with van der Waals surface area (Å²) in [5.41, 5.74) is -4.43. The van der Waals surface area contributed by atoms with Gasteiger partial charge in [-0.05, 0) is 48.2 Å². The van der Waals surface area contributed by atoms with Gasteiger partial charge in [0, 0.05) is 25.2 Å². The van der Waals surface area contributed by atoms with Crippen molar-refractivity contribution in [2.75, 3.05) is 23.7 Å². The highest BCUT2D eigenvalue weighted by molar-refractivity contribution is 7.92. The summed E-state index contributed by atoms with van der Waals surface area (Å²) in [5, 5.41) is 19.3. The van der Waals surface area contributed by atoms with Crippen molar-refractivity contribution < 1.29 is 39.9 Å². The second kappa shape index (κ2) is 10.6. The summed E-state index contributed by atoms with van der Waals surface area (Å²) in [7, 11) is -10.3. The SMILES string of the molecule is CC(CCC(=O)O)c1ccc(NCCNc2ccc(S(N)(=O)=O)cc2S(=O)(=O)C(F)(F)F)cc1. The van der Waals surface area contributed by atoms with Crippen LogP contribution in [0.25, 0.3) is 0 Å². The summed E-state index contributed by atoms with van der Waals surface area (Å²) >= 11 is 0. The molecule has 9 nitrogen and oxygen atoms in total. The van der Waals surface area contributed by atoms with Gasteiger partial charge in [-0.1, -0.05) is 19.1 Å². The van der Waals surface area contributed by atoms with Crippen LogP contribution in [-0.2, 0) is 24.7 Å². The normalized spacial score (nSPS) is 13.3. The summed E-state index contributed by atoms with van der Waals surface area (Å²) in [5.74, 6) is -0.829. The highest BCUT2D eigenvalue weighted by Crippen LogP contribution is 2.35. The molecule has 0 saturated carbocycles. The molecule has 0 bridgehead atoms. The zero-order valence-corrected chi connectivity index (χ0v) is 19.6. The minimum absolute atomic E-state index is 0.00582. The predicted molar refractivity (Wildman–Crippen MR) is 120 cm³/mol. The Balaban J connectivity index is 2.08. The average Bonchev–Trinajstić information content (AvgIpc) is 2.74. The minimum Gasteiger partial charge on any atom is -0.481 e. The molecule has 0 saturated heterocycles. The van der Waals surface area contributed by atoms with Crippen molar-refractivity contribution >= 4 is 37.2 Å². The van der Waals surface area contributed by atoms with Crippen LogP contribution in [0.5, 0.6) is 0 Å². The Labute approximate surface area is 195 Å². The quantitative estimate of drug-likeness (QED) is 0.328. The highest BCUT2D eigenvalue weighted by Gasteiger charge is 2.48. The van der Waals surface area contributed by atoms with Crippen molar-refractivity contribution in [1.29, 1.82) is 0 Å². The van der Waals surface area contributed by atoms with Gasteiger partial charge in [0.25, 0.3) is 9.84 Å². The second-order valence-corrected chi connectivity index (χ2v) is 10.9. The van der Waals surface area contributed by atoms with Crippen LogP contribution >= 0.6 is 0 Å². The number of rotatable bonds is 11. The molecular formula is C20H24F3N3O6S2. The maximum Gasteiger partial charge on any atom is 0.501 e. The van der Waals surface area contributed by atoms with Gasteiger partial charge in [0.1, 0.15) is 4.90 Å². The van der Waals surface area contributed by atoms with Crippen molar-refractivity contribution in [2.24, 2.45) is 5.14 Å². The lowest BCUT2D eigenvalue weighted by Gasteiger charge is -2.16. The van der Waals surface area contributed by atoms with Crippen LogP contribution in [0.3, 0.4) is 0 Å². The number of nitrogens with two attached hydrogens (primary N) is 1. The van der Waals surface area contributed by atoms with Crippen LogP contribution in [0.1, 0.15) is 31.2 Å². The maximum atomic E-state index is 13.1. The number of aliphatic carboxylic acids is 1. The van der Waals surface area contributed by atoms with Gasteiger partial charge in [0.15, 0.2) is 0 Å². The molecule has 1 unspecified atom stereocenters. The molecule has 2 aromatic carbocycles. The number of carbonyl (C=O) groups is 1. The Kier molecular flexibility index (Phi) is 8.55. The number of benzene rings is 2. The molecule has 0 heterocycles. The number of hydrogen-bond donors (Lipinski definition) is 4. The lowest BCUT2D eigenvalue weighted by Crippen LogP contribution is -2.25. The first-order valence-corrected chi connectivity index (χ1v) is 12.9. The number of halogens is 3. The smallest absolute Gasteiger partial charge is 0.481 e. The Hall–Kier alpha value is -2.84. The number of hydrogen-bond acceptors (Lipinski definition) is 7. The third-order valence-electron chi connectivity index (χ3n) is 4.92. The molecule has 188 valence electrons. The van der Waals surface area contributed by atoms with Gasteiger partial charge < -0.3 is 15.7 Å². The minimum atomic E-state index is -5.84. The van der Waals surface area contributed by atoms with Crippen LogP contribution in [0.15, 0.2) is 52.3 Å². The van der Waals surface area contributed by atoms with Crippen LogP contribution in [0.2, 0.25) is 0 Å². The predicted octanol–water partition coefficient (Wildman–Crippen LogP) is 3.12. The molecule has 0 aliphatic carbocycles. The Bertz CT molecular complexity index is 1230. The molecule has 0 spiro atoms. The van der Waals surface area contributed by atoms with Crippen molar-refractivity contribution in [2.45, 2.75) is 41.0 Å². The van der Waals surface area contributed by atoms with Crippen molar-refractivity contribution in [1.82, 2.24) is 0 Å². The third-order valence-corrected chi connectivity index (χ3v) is 7.35. The highest BCUT2D eigenvalue weighted by atomic mass is 32.2.